The van der Waals surface area contributed by atoms with E-state index in [-0.39, 0.29) is 6.61 Å². The van der Waals surface area contributed by atoms with Crippen LogP contribution in [0.1, 0.15) is 32.3 Å². The monoisotopic (exact) mass is 224 g/mol. The van der Waals surface area contributed by atoms with Gasteiger partial charge in [-0.2, -0.15) is 0 Å². The fraction of sp³-hybridized carbons (Fsp3) is 0.538. The zero-order valence-corrected chi connectivity index (χ0v) is 9.94. The van der Waals surface area contributed by atoms with Gasteiger partial charge in [-0.3, -0.25) is 0 Å². The first kappa shape index (κ1) is 13.0. The van der Waals surface area contributed by atoms with Gasteiger partial charge in [0, 0.05) is 0 Å². The van der Waals surface area contributed by atoms with Gasteiger partial charge in [-0.05, 0) is 30.5 Å². The van der Waals surface area contributed by atoms with Crippen LogP contribution in [0.25, 0.3) is 0 Å². The number of hydrogen-bond acceptors (Lipinski definition) is 3. The summed E-state index contributed by atoms with van der Waals surface area (Å²) in [5.41, 5.74) is 0.115. The van der Waals surface area contributed by atoms with Gasteiger partial charge in [0.05, 0.1) is 12.2 Å². The number of aliphatic hydroxyl groups excluding tert-OH is 1. The van der Waals surface area contributed by atoms with Gasteiger partial charge >= 0.3 is 0 Å². The molecule has 0 heterocycles. The molecule has 0 aliphatic rings. The first-order valence-electron chi connectivity index (χ1n) is 5.68. The van der Waals surface area contributed by atoms with Crippen molar-refractivity contribution >= 4 is 0 Å². The van der Waals surface area contributed by atoms with Crippen molar-refractivity contribution in [2.45, 2.75) is 38.9 Å². The maximum atomic E-state index is 10.0. The Morgan fingerprint density at radius 2 is 1.69 bits per heavy atom. The minimum atomic E-state index is -0.740. The summed E-state index contributed by atoms with van der Waals surface area (Å²) < 4.78 is 5.52. The van der Waals surface area contributed by atoms with Gasteiger partial charge < -0.3 is 14.9 Å². The van der Waals surface area contributed by atoms with Gasteiger partial charge in [-0.15, -0.1) is 0 Å². The van der Waals surface area contributed by atoms with E-state index in [4.69, 9.17) is 9.84 Å². The highest BCUT2D eigenvalue weighted by molar-refractivity contribution is 5.26. The van der Waals surface area contributed by atoms with Crippen LogP contribution in [0.5, 0.6) is 5.75 Å². The molecule has 16 heavy (non-hydrogen) atoms. The molecule has 2 N–H and O–H groups in total. The van der Waals surface area contributed by atoms with Crippen molar-refractivity contribution in [3.63, 3.8) is 0 Å². The Kier molecular flexibility index (Phi) is 4.77. The summed E-state index contributed by atoms with van der Waals surface area (Å²) in [4.78, 5) is 0. The molecule has 0 aliphatic carbocycles. The molecule has 1 aromatic rings. The van der Waals surface area contributed by atoms with Crippen molar-refractivity contribution in [3.8, 4) is 5.75 Å². The van der Waals surface area contributed by atoms with E-state index in [1.165, 1.54) is 0 Å². The first-order chi connectivity index (χ1) is 7.63. The SMILES string of the molecule is CCC(O)(CC)COc1ccc(CO)cc1. The fourth-order valence-corrected chi connectivity index (χ4v) is 1.36. The van der Waals surface area contributed by atoms with Crippen molar-refractivity contribution in [3.05, 3.63) is 29.8 Å². The van der Waals surface area contributed by atoms with E-state index < -0.39 is 5.60 Å². The third-order valence-corrected chi connectivity index (χ3v) is 2.93. The zero-order chi connectivity index (χ0) is 12.0. The minimum Gasteiger partial charge on any atom is -0.491 e. The van der Waals surface area contributed by atoms with Crippen molar-refractivity contribution in [2.24, 2.45) is 0 Å². The van der Waals surface area contributed by atoms with Crippen molar-refractivity contribution in [1.29, 1.82) is 0 Å². The van der Waals surface area contributed by atoms with E-state index in [1.54, 1.807) is 12.1 Å². The topological polar surface area (TPSA) is 49.7 Å². The number of ether oxygens (including phenoxy) is 1. The number of rotatable bonds is 6. The number of hydrogen-bond donors (Lipinski definition) is 2. The standard InChI is InChI=1S/C13H20O3/c1-3-13(15,4-2)10-16-12-7-5-11(9-14)6-8-12/h5-8,14-15H,3-4,9-10H2,1-2H3. The van der Waals surface area contributed by atoms with Gasteiger partial charge in [0.1, 0.15) is 12.4 Å². The maximum absolute atomic E-state index is 10.0. The Balaban J connectivity index is 2.54. The molecule has 0 spiro atoms. The highest BCUT2D eigenvalue weighted by atomic mass is 16.5. The molecule has 0 unspecified atom stereocenters. The lowest BCUT2D eigenvalue weighted by Gasteiger charge is -2.25. The Labute approximate surface area is 96.7 Å². The van der Waals surface area contributed by atoms with Crippen LogP contribution < -0.4 is 4.74 Å². The summed E-state index contributed by atoms with van der Waals surface area (Å²) in [7, 11) is 0. The second-order valence-electron chi connectivity index (χ2n) is 4.02. The van der Waals surface area contributed by atoms with E-state index in [2.05, 4.69) is 0 Å². The van der Waals surface area contributed by atoms with Crippen LogP contribution in [0.3, 0.4) is 0 Å². The largest absolute Gasteiger partial charge is 0.491 e. The van der Waals surface area contributed by atoms with Crippen LogP contribution in [-0.4, -0.2) is 22.4 Å². The normalized spacial score (nSPS) is 11.5. The van der Waals surface area contributed by atoms with Crippen LogP contribution in [-0.2, 0) is 6.61 Å². The quantitative estimate of drug-likeness (QED) is 0.778. The smallest absolute Gasteiger partial charge is 0.119 e. The third kappa shape index (κ3) is 3.51. The Morgan fingerprint density at radius 3 is 2.12 bits per heavy atom. The predicted molar refractivity (Wildman–Crippen MR) is 63.4 cm³/mol. The lowest BCUT2D eigenvalue weighted by Crippen LogP contribution is -2.34. The van der Waals surface area contributed by atoms with E-state index in [1.807, 2.05) is 26.0 Å². The third-order valence-electron chi connectivity index (χ3n) is 2.93. The van der Waals surface area contributed by atoms with Crippen LogP contribution >= 0.6 is 0 Å². The second kappa shape index (κ2) is 5.87. The van der Waals surface area contributed by atoms with Crippen molar-refractivity contribution in [2.75, 3.05) is 6.61 Å². The molecule has 0 radical (unpaired) electrons. The predicted octanol–water partition coefficient (Wildman–Crippen LogP) is 2.11. The van der Waals surface area contributed by atoms with Crippen LogP contribution in [0.4, 0.5) is 0 Å². The molecule has 0 bridgehead atoms. The lowest BCUT2D eigenvalue weighted by atomic mass is 9.99. The average molecular weight is 224 g/mol. The molecule has 0 atom stereocenters. The van der Waals surface area contributed by atoms with Crippen molar-refractivity contribution < 1.29 is 14.9 Å². The van der Waals surface area contributed by atoms with E-state index in [9.17, 15) is 5.11 Å². The van der Waals surface area contributed by atoms with Crippen LogP contribution in [0.15, 0.2) is 24.3 Å². The molecule has 0 aliphatic heterocycles. The molecule has 0 saturated heterocycles. The maximum Gasteiger partial charge on any atom is 0.119 e. The Bertz CT molecular complexity index is 301. The van der Waals surface area contributed by atoms with E-state index in [0.717, 1.165) is 11.3 Å². The molecule has 1 aromatic carbocycles. The van der Waals surface area contributed by atoms with E-state index >= 15 is 0 Å². The molecule has 0 fully saturated rings. The Hall–Kier alpha value is -1.06. The van der Waals surface area contributed by atoms with Gasteiger partial charge in [-0.25, -0.2) is 0 Å². The lowest BCUT2D eigenvalue weighted by molar-refractivity contribution is -0.0113. The van der Waals surface area contributed by atoms with Gasteiger partial charge in [0.15, 0.2) is 0 Å². The van der Waals surface area contributed by atoms with Crippen molar-refractivity contribution in [1.82, 2.24) is 0 Å². The molecule has 0 saturated carbocycles. The molecule has 0 amide bonds. The van der Waals surface area contributed by atoms with Gasteiger partial charge in [0.25, 0.3) is 0 Å². The van der Waals surface area contributed by atoms with Crippen LogP contribution in [0, 0.1) is 0 Å². The highest BCUT2D eigenvalue weighted by Gasteiger charge is 2.22. The van der Waals surface area contributed by atoms with Crippen LogP contribution in [0.2, 0.25) is 0 Å². The summed E-state index contributed by atoms with van der Waals surface area (Å²) >= 11 is 0. The summed E-state index contributed by atoms with van der Waals surface area (Å²) in [6.07, 6.45) is 1.36. The zero-order valence-electron chi connectivity index (χ0n) is 9.94. The molecule has 1 rings (SSSR count). The van der Waals surface area contributed by atoms with Gasteiger partial charge in [-0.1, -0.05) is 26.0 Å². The minimum absolute atomic E-state index is 0.0359. The fourth-order valence-electron chi connectivity index (χ4n) is 1.36. The summed E-state index contributed by atoms with van der Waals surface area (Å²) in [6, 6.07) is 7.23. The van der Waals surface area contributed by atoms with Gasteiger partial charge in [0.2, 0.25) is 0 Å². The summed E-state index contributed by atoms with van der Waals surface area (Å²) in [5.74, 6) is 0.720. The Morgan fingerprint density at radius 1 is 1.12 bits per heavy atom. The molecule has 0 aromatic heterocycles. The first-order valence-corrected chi connectivity index (χ1v) is 5.68. The van der Waals surface area contributed by atoms with E-state index in [0.29, 0.717) is 19.4 Å². The molecule has 90 valence electrons. The number of benzene rings is 1. The molecule has 3 heteroatoms. The molecular weight excluding hydrogens is 204 g/mol. The molecular formula is C13H20O3. The highest BCUT2D eigenvalue weighted by Crippen LogP contribution is 2.18. The molecule has 3 nitrogen and oxygen atoms in total. The summed E-state index contributed by atoms with van der Waals surface area (Å²) in [5, 5.41) is 18.9. The average Bonchev–Trinajstić information content (AvgIpc) is 2.36. The second-order valence-corrected chi connectivity index (χ2v) is 4.02. The number of aliphatic hydroxyl groups is 2. The summed E-state index contributed by atoms with van der Waals surface area (Å²) in [6.45, 7) is 4.23.